The molecule has 2 aromatic rings. The van der Waals surface area contributed by atoms with E-state index in [1.54, 1.807) is 0 Å². The van der Waals surface area contributed by atoms with Gasteiger partial charge in [-0.1, -0.05) is 34.9 Å². The van der Waals surface area contributed by atoms with Crippen LogP contribution in [0.3, 0.4) is 0 Å². The first kappa shape index (κ1) is 26.3. The van der Waals surface area contributed by atoms with Crippen molar-refractivity contribution in [2.45, 2.75) is 32.2 Å². The molecule has 2 aromatic carbocycles. The third-order valence-corrected chi connectivity index (χ3v) is 7.46. The second kappa shape index (κ2) is 10.7. The molecule has 36 heavy (non-hydrogen) atoms. The van der Waals surface area contributed by atoms with E-state index in [1.165, 1.54) is 30.3 Å². The van der Waals surface area contributed by atoms with Crippen LogP contribution in [0.4, 0.5) is 4.39 Å². The molecule has 0 unspecified atom stereocenters. The standard InChI is InChI=1S/C26H22Cl3FN2O4/c1-14-2-8-18-19(12-14)26(36)32(25(18)35)31(24(34)16-5-9-20(28)21(29)13-16)22(10-11-27)23(33)15-3-6-17(30)7-4-15/h2-7,9,13,18-19,22H,8,10-12H2,1H3/t18-,19-,22-/m0/s1. The van der Waals surface area contributed by atoms with E-state index in [0.717, 1.165) is 27.7 Å². The highest BCUT2D eigenvalue weighted by atomic mass is 35.5. The van der Waals surface area contributed by atoms with Crippen LogP contribution in [0.25, 0.3) is 0 Å². The number of hydrazine groups is 1. The van der Waals surface area contributed by atoms with Crippen molar-refractivity contribution in [3.8, 4) is 0 Å². The van der Waals surface area contributed by atoms with Crippen LogP contribution in [0.15, 0.2) is 54.1 Å². The number of halogens is 4. The van der Waals surface area contributed by atoms with E-state index in [1.807, 2.05) is 13.0 Å². The van der Waals surface area contributed by atoms with Crippen molar-refractivity contribution < 1.29 is 23.6 Å². The summed E-state index contributed by atoms with van der Waals surface area (Å²) in [5.41, 5.74) is 1.11. The molecule has 0 saturated carbocycles. The van der Waals surface area contributed by atoms with Gasteiger partial charge in [-0.3, -0.25) is 19.2 Å². The van der Waals surface area contributed by atoms with Crippen molar-refractivity contribution in [3.05, 3.63) is 81.1 Å². The fourth-order valence-corrected chi connectivity index (χ4v) is 5.14. The molecular weight excluding hydrogens is 530 g/mol. The third kappa shape index (κ3) is 4.92. The summed E-state index contributed by atoms with van der Waals surface area (Å²) in [6, 6.07) is 7.60. The fraction of sp³-hybridized carbons (Fsp3) is 0.308. The summed E-state index contributed by atoms with van der Waals surface area (Å²) in [7, 11) is 0. The minimum atomic E-state index is -1.31. The van der Waals surface area contributed by atoms with E-state index in [-0.39, 0.29) is 33.5 Å². The largest absolute Gasteiger partial charge is 0.292 e. The van der Waals surface area contributed by atoms with Crippen LogP contribution in [-0.4, -0.2) is 45.4 Å². The van der Waals surface area contributed by atoms with Gasteiger partial charge >= 0.3 is 0 Å². The van der Waals surface area contributed by atoms with Crippen molar-refractivity contribution in [1.82, 2.24) is 10.0 Å². The van der Waals surface area contributed by atoms with E-state index >= 15 is 0 Å². The number of hydrogen-bond acceptors (Lipinski definition) is 4. The molecule has 0 spiro atoms. The van der Waals surface area contributed by atoms with Crippen LogP contribution < -0.4 is 0 Å². The first-order chi connectivity index (χ1) is 17.1. The van der Waals surface area contributed by atoms with Crippen LogP contribution >= 0.6 is 34.8 Å². The van der Waals surface area contributed by atoms with Crippen molar-refractivity contribution in [2.24, 2.45) is 11.8 Å². The number of alkyl halides is 1. The fourth-order valence-electron chi connectivity index (χ4n) is 4.64. The van der Waals surface area contributed by atoms with Crippen LogP contribution in [-0.2, 0) is 9.59 Å². The molecule has 1 aliphatic carbocycles. The Hall–Kier alpha value is -2.74. The Morgan fingerprint density at radius 1 is 1.03 bits per heavy atom. The maximum atomic E-state index is 13.9. The van der Waals surface area contributed by atoms with Gasteiger partial charge in [-0.05, 0) is 68.7 Å². The summed E-state index contributed by atoms with van der Waals surface area (Å²) >= 11 is 18.2. The SMILES string of the molecule is CC1=CC[C@@H]2C(=O)N(N(C(=O)c3ccc(Cl)c(Cl)c3)[C@@H](CCCl)C(=O)c3ccc(F)cc3)C(=O)[C@H]2C1. The number of rotatable bonds is 7. The highest BCUT2D eigenvalue weighted by molar-refractivity contribution is 6.42. The minimum Gasteiger partial charge on any atom is -0.292 e. The first-order valence-corrected chi connectivity index (χ1v) is 12.6. The lowest BCUT2D eigenvalue weighted by Crippen LogP contribution is -2.57. The quantitative estimate of drug-likeness (QED) is 0.191. The molecule has 1 saturated heterocycles. The molecule has 1 heterocycles. The maximum absolute atomic E-state index is 13.9. The van der Waals surface area contributed by atoms with Gasteiger partial charge in [-0.15, -0.1) is 11.6 Å². The molecule has 0 N–H and O–H groups in total. The monoisotopic (exact) mass is 550 g/mol. The normalized spacial score (nSPS) is 20.1. The zero-order chi connectivity index (χ0) is 26.1. The molecule has 3 amide bonds. The number of allylic oxidation sites excluding steroid dienone is 2. The van der Waals surface area contributed by atoms with E-state index in [9.17, 15) is 23.6 Å². The van der Waals surface area contributed by atoms with E-state index in [2.05, 4.69) is 0 Å². The first-order valence-electron chi connectivity index (χ1n) is 11.3. The van der Waals surface area contributed by atoms with E-state index in [0.29, 0.717) is 12.8 Å². The minimum absolute atomic E-state index is 0.0284. The second-order valence-corrected chi connectivity index (χ2v) is 10.0. The predicted octanol–water partition coefficient (Wildman–Crippen LogP) is 5.71. The number of amides is 3. The number of nitrogens with zero attached hydrogens (tertiary/aromatic N) is 2. The Morgan fingerprint density at radius 2 is 1.67 bits per heavy atom. The molecule has 10 heteroatoms. The number of Topliss-reactive ketones (excluding diaryl/α,β-unsaturated/α-hetero) is 1. The number of benzene rings is 2. The van der Waals surface area contributed by atoms with Gasteiger partial charge in [0.15, 0.2) is 5.78 Å². The molecular formula is C26H22Cl3FN2O4. The number of carbonyl (C=O) groups excluding carboxylic acids is 4. The number of imide groups is 1. The maximum Gasteiger partial charge on any atom is 0.273 e. The molecule has 2 aliphatic rings. The molecule has 6 nitrogen and oxygen atoms in total. The lowest BCUT2D eigenvalue weighted by Gasteiger charge is -2.36. The summed E-state index contributed by atoms with van der Waals surface area (Å²) in [5, 5.41) is 1.99. The molecule has 0 aromatic heterocycles. The highest BCUT2D eigenvalue weighted by Crippen LogP contribution is 2.39. The highest BCUT2D eigenvalue weighted by Gasteiger charge is 2.53. The van der Waals surface area contributed by atoms with Crippen molar-refractivity contribution >= 4 is 58.3 Å². The van der Waals surface area contributed by atoms with Crippen LogP contribution in [0, 0.1) is 17.7 Å². The Balaban J connectivity index is 1.82. The number of hydrogen-bond donors (Lipinski definition) is 0. The van der Waals surface area contributed by atoms with Crippen LogP contribution in [0.2, 0.25) is 10.0 Å². The Bertz CT molecular complexity index is 1260. The van der Waals surface area contributed by atoms with Gasteiger partial charge in [-0.25, -0.2) is 9.40 Å². The number of ketones is 1. The van der Waals surface area contributed by atoms with E-state index < -0.39 is 47.2 Å². The molecule has 188 valence electrons. The third-order valence-electron chi connectivity index (χ3n) is 6.50. The summed E-state index contributed by atoms with van der Waals surface area (Å²) in [5.74, 6) is -4.36. The number of fused-ring (bicyclic) bond motifs is 1. The predicted molar refractivity (Wildman–Crippen MR) is 134 cm³/mol. The lowest BCUT2D eigenvalue weighted by molar-refractivity contribution is -0.156. The average Bonchev–Trinajstić information content (AvgIpc) is 3.09. The molecule has 1 aliphatic heterocycles. The zero-order valence-corrected chi connectivity index (χ0v) is 21.5. The Morgan fingerprint density at radius 3 is 2.31 bits per heavy atom. The summed E-state index contributed by atoms with van der Waals surface area (Å²) in [6.45, 7) is 1.88. The van der Waals surface area contributed by atoms with Gasteiger partial charge in [0.25, 0.3) is 17.7 Å². The molecule has 4 rings (SSSR count). The Kier molecular flexibility index (Phi) is 7.83. The van der Waals surface area contributed by atoms with Crippen molar-refractivity contribution in [1.29, 1.82) is 0 Å². The molecule has 0 radical (unpaired) electrons. The van der Waals surface area contributed by atoms with Crippen LogP contribution in [0.5, 0.6) is 0 Å². The molecule has 1 fully saturated rings. The lowest BCUT2D eigenvalue weighted by atomic mass is 9.82. The van der Waals surface area contributed by atoms with Gasteiger partial charge in [0, 0.05) is 17.0 Å². The summed E-state index contributed by atoms with van der Waals surface area (Å²) in [6.07, 6.45) is 2.58. The second-order valence-electron chi connectivity index (χ2n) is 8.83. The Labute approximate surface area is 222 Å². The van der Waals surface area contributed by atoms with Gasteiger partial charge in [0.1, 0.15) is 11.9 Å². The van der Waals surface area contributed by atoms with Gasteiger partial charge in [0.2, 0.25) is 0 Å². The van der Waals surface area contributed by atoms with Crippen LogP contribution in [0.1, 0.15) is 46.9 Å². The van der Waals surface area contributed by atoms with E-state index in [4.69, 9.17) is 34.8 Å². The topological polar surface area (TPSA) is 74.8 Å². The zero-order valence-electron chi connectivity index (χ0n) is 19.2. The van der Waals surface area contributed by atoms with Gasteiger partial charge < -0.3 is 0 Å². The summed E-state index contributed by atoms with van der Waals surface area (Å²) < 4.78 is 13.5. The molecule has 0 bridgehead atoms. The van der Waals surface area contributed by atoms with Gasteiger partial charge in [0.05, 0.1) is 21.9 Å². The molecule has 3 atom stereocenters. The number of carbonyl (C=O) groups is 4. The average molecular weight is 552 g/mol. The van der Waals surface area contributed by atoms with Crippen molar-refractivity contribution in [3.63, 3.8) is 0 Å². The van der Waals surface area contributed by atoms with Gasteiger partial charge in [-0.2, -0.15) is 5.01 Å². The smallest absolute Gasteiger partial charge is 0.273 e. The van der Waals surface area contributed by atoms with Crippen molar-refractivity contribution in [2.75, 3.05) is 5.88 Å². The summed E-state index contributed by atoms with van der Waals surface area (Å²) in [4.78, 5) is 54.5.